The van der Waals surface area contributed by atoms with Crippen LogP contribution >= 0.6 is 7.82 Å². The molecule has 1 aliphatic carbocycles. The monoisotopic (exact) mass is 1350 g/mol. The van der Waals surface area contributed by atoms with E-state index >= 15 is 0 Å². The van der Waals surface area contributed by atoms with Gasteiger partial charge in [-0.25, -0.2) is 9.36 Å². The van der Waals surface area contributed by atoms with Crippen molar-refractivity contribution in [1.82, 2.24) is 0 Å². The van der Waals surface area contributed by atoms with Crippen LogP contribution in [0.25, 0.3) is 0 Å². The number of carbonyl (C=O) groups is 3. The number of esters is 3. The lowest BCUT2D eigenvalue weighted by Crippen LogP contribution is -2.69. The molecule has 24 nitrogen and oxygen atoms in total. The summed E-state index contributed by atoms with van der Waals surface area (Å²) in [6, 6.07) is 0. The number of unbranched alkanes of at least 4 members (excludes halogenated alkanes) is 32. The lowest BCUT2D eigenvalue weighted by atomic mass is 9.84. The zero-order valence-corrected chi connectivity index (χ0v) is 57.2. The second kappa shape index (κ2) is 50.7. The van der Waals surface area contributed by atoms with Crippen molar-refractivity contribution in [3.05, 3.63) is 24.3 Å². The van der Waals surface area contributed by atoms with Crippen LogP contribution < -0.4 is 0 Å². The second-order valence-electron chi connectivity index (χ2n) is 25.7. The van der Waals surface area contributed by atoms with E-state index < -0.39 is 156 Å². The molecule has 2 aliphatic heterocycles. The molecular weight excluding hydrogens is 1230 g/mol. The minimum Gasteiger partial charge on any atom is -0.463 e. The number of hydrogen-bond donors (Lipinski definition) is 11. The molecule has 1 saturated carbocycles. The van der Waals surface area contributed by atoms with Crippen molar-refractivity contribution in [2.75, 3.05) is 26.4 Å². The fraction of sp³-hybridized carbons (Fsp3) is 0.897. The average Bonchev–Trinajstić information content (AvgIpc) is 0.770. The summed E-state index contributed by atoms with van der Waals surface area (Å²) in [4.78, 5) is 50.7. The molecule has 18 unspecified atom stereocenters. The lowest BCUT2D eigenvalue weighted by Gasteiger charge is -2.49. The molecule has 0 radical (unpaired) electrons. The van der Waals surface area contributed by atoms with Crippen LogP contribution in [0.5, 0.6) is 0 Å². The number of aliphatic hydroxyl groups excluding tert-OH is 10. The molecule has 11 N–H and O–H groups in total. The van der Waals surface area contributed by atoms with Crippen LogP contribution in [0.1, 0.15) is 258 Å². The Labute approximate surface area is 554 Å². The number of carbonyl (C=O) groups excluding carboxylic acids is 3. The molecule has 2 heterocycles. The maximum atomic E-state index is 14.3. The van der Waals surface area contributed by atoms with Crippen molar-refractivity contribution in [2.24, 2.45) is 0 Å². The largest absolute Gasteiger partial charge is 0.472 e. The highest BCUT2D eigenvalue weighted by molar-refractivity contribution is 7.47. The van der Waals surface area contributed by atoms with Crippen LogP contribution in [0.4, 0.5) is 0 Å². The predicted molar refractivity (Wildman–Crippen MR) is 347 cm³/mol. The number of aliphatic hydroxyl groups is 10. The van der Waals surface area contributed by atoms with Crippen LogP contribution in [-0.4, -0.2) is 204 Å². The van der Waals surface area contributed by atoms with E-state index in [2.05, 4.69) is 20.8 Å². The van der Waals surface area contributed by atoms with E-state index in [1.165, 1.54) is 128 Å². The molecular formula is C68H123O24P. The standard InChI is InChI=1S/C68H123O24P/c1-4-7-10-13-16-19-22-24-25-26-29-31-33-36-39-42-52(70)84-46-49(87-54(72)44-41-38-35-32-27-21-18-15-12-9-6-3)47-86-93(82,83)92-66-64(90-67-62(80)57(75)55(73)50(45-69)88-67)60(78)59(77)61(79)65(66)91-68-63(81)58(76)56(74)51(89-68)48-85-53(71)43-40-37-34-30-28-23-20-17-14-11-8-5-2/h33,36,39,42,49-51,55-69,73-81H,4-32,34-35,37-38,40-41,43-48H2,1-3H3,(H,82,83)/b36-33+,42-39+. The molecule has 0 spiro atoms. The number of rotatable bonds is 54. The molecule has 2 saturated heterocycles. The van der Waals surface area contributed by atoms with Crippen molar-refractivity contribution in [3.63, 3.8) is 0 Å². The molecule has 25 heteroatoms. The van der Waals surface area contributed by atoms with Gasteiger partial charge in [0, 0.05) is 18.9 Å². The van der Waals surface area contributed by atoms with Crippen molar-refractivity contribution in [1.29, 1.82) is 0 Å². The van der Waals surface area contributed by atoms with Gasteiger partial charge < -0.3 is 89.1 Å². The first kappa shape index (κ1) is 84.7. The maximum absolute atomic E-state index is 14.3. The Balaban J connectivity index is 1.78. The molecule has 18 atom stereocenters. The van der Waals surface area contributed by atoms with Gasteiger partial charge in [0.2, 0.25) is 0 Å². The van der Waals surface area contributed by atoms with Crippen molar-refractivity contribution >= 4 is 25.7 Å². The highest BCUT2D eigenvalue weighted by Crippen LogP contribution is 2.49. The normalized spacial score (nSPS) is 28.6. The summed E-state index contributed by atoms with van der Waals surface area (Å²) in [7, 11) is -5.71. The van der Waals surface area contributed by atoms with E-state index in [9.17, 15) is 74.9 Å². The zero-order valence-electron chi connectivity index (χ0n) is 56.3. The SMILES string of the molecule is CCCCCCCCCCCCC/C=C/C=C/C(=O)OCC(COP(=O)(O)OC1C(OC2OC(CO)C(O)C(O)C2O)C(O)C(O)C(O)C1OC1OC(COC(=O)CCCCCCCCCCCCCC)C(O)C(O)C1O)OC(=O)CCCCCCCCCCCCC. The first-order chi connectivity index (χ1) is 44.8. The Kier molecular flexibility index (Phi) is 46.2. The van der Waals surface area contributed by atoms with Crippen molar-refractivity contribution in [2.45, 2.75) is 362 Å². The van der Waals surface area contributed by atoms with E-state index in [4.69, 9.17) is 42.2 Å². The fourth-order valence-corrected chi connectivity index (χ4v) is 12.7. The van der Waals surface area contributed by atoms with E-state index in [-0.39, 0.29) is 12.8 Å². The molecule has 93 heavy (non-hydrogen) atoms. The summed E-state index contributed by atoms with van der Waals surface area (Å²) in [5.41, 5.74) is 0. The van der Waals surface area contributed by atoms with Gasteiger partial charge in [-0.05, 0) is 25.7 Å². The van der Waals surface area contributed by atoms with E-state index in [0.717, 1.165) is 96.0 Å². The van der Waals surface area contributed by atoms with Gasteiger partial charge in [-0.2, -0.15) is 0 Å². The summed E-state index contributed by atoms with van der Waals surface area (Å²) in [5, 5.41) is 110. The summed E-state index contributed by atoms with van der Waals surface area (Å²) in [6.07, 6.45) is 9.20. The third-order valence-corrected chi connectivity index (χ3v) is 18.6. The van der Waals surface area contributed by atoms with Crippen molar-refractivity contribution in [3.8, 4) is 0 Å². The van der Waals surface area contributed by atoms with Gasteiger partial charge in [-0.15, -0.1) is 0 Å². The van der Waals surface area contributed by atoms with Crippen molar-refractivity contribution < 1.29 is 117 Å². The third kappa shape index (κ3) is 34.7. The number of phosphoric acid groups is 1. The summed E-state index contributed by atoms with van der Waals surface area (Å²) in [6.45, 7) is 3.29. The van der Waals surface area contributed by atoms with Gasteiger partial charge in [-0.3, -0.25) is 18.6 Å². The Morgan fingerprint density at radius 1 is 0.441 bits per heavy atom. The van der Waals surface area contributed by atoms with Crippen LogP contribution in [0.2, 0.25) is 0 Å². The minimum absolute atomic E-state index is 0.0283. The second-order valence-corrected chi connectivity index (χ2v) is 27.1. The molecule has 0 amide bonds. The van der Waals surface area contributed by atoms with Crippen LogP contribution in [-0.2, 0) is 61.2 Å². The first-order valence-electron chi connectivity index (χ1n) is 35.7. The Bertz CT molecular complexity index is 2040. The molecule has 3 aliphatic rings. The predicted octanol–water partition coefficient (Wildman–Crippen LogP) is 8.57. The van der Waals surface area contributed by atoms with E-state index in [0.29, 0.717) is 12.8 Å². The van der Waals surface area contributed by atoms with Gasteiger partial charge in [-0.1, -0.05) is 238 Å². The van der Waals surface area contributed by atoms with Crippen LogP contribution in [0, 0.1) is 0 Å². The maximum Gasteiger partial charge on any atom is 0.472 e. The Morgan fingerprint density at radius 3 is 1.27 bits per heavy atom. The quantitative estimate of drug-likeness (QED) is 0.00678. The zero-order chi connectivity index (χ0) is 68.2. The minimum atomic E-state index is -5.71. The molecule has 3 rings (SSSR count). The van der Waals surface area contributed by atoms with Crippen LogP contribution in [0.15, 0.2) is 24.3 Å². The highest BCUT2D eigenvalue weighted by Gasteiger charge is 2.58. The van der Waals surface area contributed by atoms with Gasteiger partial charge in [0.05, 0.1) is 13.2 Å². The number of ether oxygens (including phenoxy) is 7. The molecule has 3 fully saturated rings. The molecule has 0 aromatic heterocycles. The molecule has 0 bridgehead atoms. The number of allylic oxidation sites excluding steroid dienone is 3. The van der Waals surface area contributed by atoms with Gasteiger partial charge in [0.15, 0.2) is 18.7 Å². The molecule has 0 aromatic carbocycles. The summed E-state index contributed by atoms with van der Waals surface area (Å²) in [5.74, 6) is -2.24. The number of hydrogen-bond acceptors (Lipinski definition) is 23. The highest BCUT2D eigenvalue weighted by atomic mass is 31.2. The smallest absolute Gasteiger partial charge is 0.463 e. The Morgan fingerprint density at radius 2 is 0.828 bits per heavy atom. The van der Waals surface area contributed by atoms with Gasteiger partial charge in [0.1, 0.15) is 98.7 Å². The van der Waals surface area contributed by atoms with E-state index in [1.807, 2.05) is 6.08 Å². The average molecular weight is 1360 g/mol. The van der Waals surface area contributed by atoms with Gasteiger partial charge in [0.25, 0.3) is 0 Å². The van der Waals surface area contributed by atoms with Crippen LogP contribution in [0.3, 0.4) is 0 Å². The van der Waals surface area contributed by atoms with Gasteiger partial charge >= 0.3 is 25.7 Å². The number of phosphoric ester groups is 1. The summed E-state index contributed by atoms with van der Waals surface area (Å²) < 4.78 is 64.6. The third-order valence-electron chi connectivity index (χ3n) is 17.6. The lowest BCUT2D eigenvalue weighted by molar-refractivity contribution is -0.360. The fourth-order valence-electron chi connectivity index (χ4n) is 11.7. The molecule has 544 valence electrons. The molecule has 0 aromatic rings. The summed E-state index contributed by atoms with van der Waals surface area (Å²) >= 11 is 0. The van der Waals surface area contributed by atoms with E-state index in [1.54, 1.807) is 6.08 Å². The Hall–Kier alpha value is -2.56. The first-order valence-corrected chi connectivity index (χ1v) is 37.2. The topological polar surface area (TPSA) is 374 Å².